The Hall–Kier alpha value is -2.70. The van der Waals surface area contributed by atoms with Crippen molar-refractivity contribution in [3.63, 3.8) is 0 Å². The van der Waals surface area contributed by atoms with E-state index in [9.17, 15) is 9.90 Å². The number of allylic oxidation sites excluding steroid dienone is 2. The van der Waals surface area contributed by atoms with Crippen LogP contribution in [0.1, 0.15) is 61.0 Å². The summed E-state index contributed by atoms with van der Waals surface area (Å²) in [7, 11) is 2.09. The molecule has 34 heavy (non-hydrogen) atoms. The lowest BCUT2D eigenvalue weighted by molar-refractivity contribution is 0.0325. The molecule has 1 aliphatic carbocycles. The van der Waals surface area contributed by atoms with Crippen molar-refractivity contribution in [2.45, 2.75) is 58.2 Å². The van der Waals surface area contributed by atoms with E-state index in [-0.39, 0.29) is 30.6 Å². The monoisotopic (exact) mass is 463 g/mol. The Balaban J connectivity index is 1.63. The van der Waals surface area contributed by atoms with Gasteiger partial charge in [-0.05, 0) is 62.4 Å². The fraction of sp³-hybridized carbons (Fsp3) is 0.500. The number of carbonyl (C=O) groups excluding carboxylic acids is 1. The number of aliphatic hydroxyl groups excluding tert-OH is 1. The van der Waals surface area contributed by atoms with Gasteiger partial charge in [-0.25, -0.2) is 4.98 Å². The summed E-state index contributed by atoms with van der Waals surface area (Å²) in [5.74, 6) is 0.349. The van der Waals surface area contributed by atoms with Crippen molar-refractivity contribution >= 4 is 11.5 Å². The number of ether oxygens (including phenoxy) is 1. The largest absolute Gasteiger partial charge is 0.472 e. The number of rotatable bonds is 7. The van der Waals surface area contributed by atoms with E-state index in [1.54, 1.807) is 4.90 Å². The van der Waals surface area contributed by atoms with Gasteiger partial charge >= 0.3 is 0 Å². The molecule has 0 fully saturated rings. The Morgan fingerprint density at radius 2 is 2.06 bits per heavy atom. The molecule has 2 heterocycles. The molecule has 2 aliphatic rings. The number of likely N-dealkylation sites (N-methyl/N-ethyl adjacent to an activating group) is 1. The second-order valence-electron chi connectivity index (χ2n) is 9.86. The smallest absolute Gasteiger partial charge is 0.259 e. The van der Waals surface area contributed by atoms with E-state index in [2.05, 4.69) is 54.2 Å². The van der Waals surface area contributed by atoms with E-state index in [0.29, 0.717) is 24.5 Å². The molecule has 0 unspecified atom stereocenters. The van der Waals surface area contributed by atoms with E-state index in [1.165, 1.54) is 17.6 Å². The van der Waals surface area contributed by atoms with Crippen LogP contribution in [-0.4, -0.2) is 64.7 Å². The molecule has 1 amide bonds. The normalized spacial score (nSPS) is 21.9. The molecule has 0 spiro atoms. The van der Waals surface area contributed by atoms with Crippen LogP contribution in [0.4, 0.5) is 0 Å². The Morgan fingerprint density at radius 1 is 1.26 bits per heavy atom. The average molecular weight is 464 g/mol. The van der Waals surface area contributed by atoms with Crippen LogP contribution >= 0.6 is 0 Å². The van der Waals surface area contributed by atoms with Crippen molar-refractivity contribution in [1.29, 1.82) is 0 Å². The van der Waals surface area contributed by atoms with Crippen molar-refractivity contribution in [3.05, 3.63) is 65.4 Å². The van der Waals surface area contributed by atoms with Gasteiger partial charge in [0.1, 0.15) is 11.7 Å². The summed E-state index contributed by atoms with van der Waals surface area (Å²) in [6.45, 7) is 5.97. The van der Waals surface area contributed by atoms with Gasteiger partial charge in [0.05, 0.1) is 12.6 Å². The van der Waals surface area contributed by atoms with Crippen molar-refractivity contribution in [3.8, 4) is 5.88 Å². The summed E-state index contributed by atoms with van der Waals surface area (Å²) in [6, 6.07) is 12.0. The van der Waals surface area contributed by atoms with E-state index < -0.39 is 0 Å². The van der Waals surface area contributed by atoms with Gasteiger partial charge in [-0.15, -0.1) is 0 Å². The molecule has 0 saturated heterocycles. The van der Waals surface area contributed by atoms with Gasteiger partial charge in [-0.2, -0.15) is 0 Å². The molecule has 6 nitrogen and oxygen atoms in total. The fourth-order valence-corrected chi connectivity index (χ4v) is 4.86. The minimum absolute atomic E-state index is 0.0758. The Labute approximate surface area is 203 Å². The molecule has 0 saturated carbocycles. The van der Waals surface area contributed by atoms with E-state index in [1.807, 2.05) is 25.3 Å². The van der Waals surface area contributed by atoms with Gasteiger partial charge in [0.2, 0.25) is 5.88 Å². The highest BCUT2D eigenvalue weighted by atomic mass is 16.5. The third-order valence-electron chi connectivity index (χ3n) is 6.97. The Morgan fingerprint density at radius 3 is 2.76 bits per heavy atom. The summed E-state index contributed by atoms with van der Waals surface area (Å²) in [5.41, 5.74) is 3.99. The van der Waals surface area contributed by atoms with Gasteiger partial charge in [-0.1, -0.05) is 43.3 Å². The Bertz CT molecular complexity index is 1010. The molecule has 1 aromatic carbocycles. The number of fused-ring (bicyclic) bond motifs is 1. The first-order valence-corrected chi connectivity index (χ1v) is 12.5. The molecule has 182 valence electrons. The molecule has 1 aromatic heterocycles. The average Bonchev–Trinajstić information content (AvgIpc) is 2.86. The highest BCUT2D eigenvalue weighted by Crippen LogP contribution is 2.32. The number of hydrogen-bond acceptors (Lipinski definition) is 5. The fourth-order valence-electron chi connectivity index (χ4n) is 4.86. The molecule has 4 rings (SSSR count). The Kier molecular flexibility index (Phi) is 8.01. The maximum atomic E-state index is 13.6. The molecule has 0 bridgehead atoms. The minimum Gasteiger partial charge on any atom is -0.472 e. The lowest BCUT2D eigenvalue weighted by atomic mass is 9.93. The summed E-state index contributed by atoms with van der Waals surface area (Å²) in [5, 5.41) is 9.88. The third-order valence-corrected chi connectivity index (χ3v) is 6.97. The molecular formula is C28H37N3O3. The van der Waals surface area contributed by atoms with Crippen molar-refractivity contribution in [2.24, 2.45) is 5.92 Å². The summed E-state index contributed by atoms with van der Waals surface area (Å²) < 4.78 is 6.45. The van der Waals surface area contributed by atoms with E-state index in [4.69, 9.17) is 4.74 Å². The number of pyridine rings is 1. The van der Waals surface area contributed by atoms with Crippen LogP contribution in [0, 0.1) is 5.92 Å². The highest BCUT2D eigenvalue weighted by Gasteiger charge is 2.34. The zero-order valence-corrected chi connectivity index (χ0v) is 20.6. The van der Waals surface area contributed by atoms with E-state index >= 15 is 0 Å². The van der Waals surface area contributed by atoms with Gasteiger partial charge < -0.3 is 14.7 Å². The lowest BCUT2D eigenvalue weighted by Gasteiger charge is -2.37. The zero-order chi connectivity index (χ0) is 24.1. The number of carbonyl (C=O) groups is 1. The third kappa shape index (κ3) is 5.68. The molecule has 0 radical (unpaired) electrons. The molecule has 6 heteroatoms. The molecular weight excluding hydrogens is 426 g/mol. The van der Waals surface area contributed by atoms with Crippen molar-refractivity contribution < 1.29 is 14.6 Å². The quantitative estimate of drug-likeness (QED) is 0.660. The minimum atomic E-state index is -0.277. The lowest BCUT2D eigenvalue weighted by Crippen LogP contribution is -2.49. The van der Waals surface area contributed by atoms with Crippen molar-refractivity contribution in [2.75, 3.05) is 26.7 Å². The number of amides is 1. The predicted octanol–water partition coefficient (Wildman–Crippen LogP) is 4.39. The van der Waals surface area contributed by atoms with Crippen LogP contribution in [0.3, 0.4) is 0 Å². The van der Waals surface area contributed by atoms with Crippen LogP contribution < -0.4 is 4.74 Å². The summed E-state index contributed by atoms with van der Waals surface area (Å²) in [4.78, 5) is 22.3. The first-order valence-electron chi connectivity index (χ1n) is 12.5. The van der Waals surface area contributed by atoms with Gasteiger partial charge in [0.15, 0.2) is 0 Å². The van der Waals surface area contributed by atoms with Crippen LogP contribution in [-0.2, 0) is 6.54 Å². The maximum Gasteiger partial charge on any atom is 0.259 e. The van der Waals surface area contributed by atoms with Crippen LogP contribution in [0.2, 0.25) is 0 Å². The SMILES string of the molecule is C[C@@H]1CN([C@@H](C)CO)C(=O)c2cc(C3=CCCCC3)cnc2O[C@H]1CN(C)Cc1ccccc1. The topological polar surface area (TPSA) is 65.9 Å². The molecule has 1 N–H and O–H groups in total. The maximum absolute atomic E-state index is 13.6. The predicted molar refractivity (Wildman–Crippen MR) is 135 cm³/mol. The number of nitrogens with zero attached hydrogens (tertiary/aromatic N) is 3. The van der Waals surface area contributed by atoms with Crippen LogP contribution in [0.5, 0.6) is 5.88 Å². The van der Waals surface area contributed by atoms with Gasteiger partial charge in [-0.3, -0.25) is 9.69 Å². The zero-order valence-electron chi connectivity index (χ0n) is 20.6. The van der Waals surface area contributed by atoms with E-state index in [0.717, 1.165) is 31.4 Å². The van der Waals surface area contributed by atoms with Gasteiger partial charge in [0, 0.05) is 31.7 Å². The number of hydrogen-bond donors (Lipinski definition) is 1. The van der Waals surface area contributed by atoms with Crippen LogP contribution in [0.15, 0.2) is 48.7 Å². The number of aromatic nitrogens is 1. The second kappa shape index (κ2) is 11.2. The summed E-state index contributed by atoms with van der Waals surface area (Å²) in [6.07, 6.45) is 8.42. The molecule has 1 aliphatic heterocycles. The number of benzene rings is 1. The number of aliphatic hydroxyl groups is 1. The first-order chi connectivity index (χ1) is 16.5. The first kappa shape index (κ1) is 24.4. The van der Waals surface area contributed by atoms with Crippen molar-refractivity contribution in [1.82, 2.24) is 14.8 Å². The molecule has 2 aromatic rings. The highest BCUT2D eigenvalue weighted by molar-refractivity contribution is 5.97. The summed E-state index contributed by atoms with van der Waals surface area (Å²) >= 11 is 0. The second-order valence-corrected chi connectivity index (χ2v) is 9.86. The standard InChI is InChI=1S/C28H37N3O3/c1-20-16-31(21(2)19-32)28(33)25-14-24(23-12-8-5-9-13-23)15-29-27(25)34-26(20)18-30(3)17-22-10-6-4-7-11-22/h4,6-7,10-12,14-15,20-21,26,32H,5,8-9,13,16-19H2,1-3H3/t20-,21+,26+/m1/s1. The van der Waals surface area contributed by atoms with Crippen LogP contribution in [0.25, 0.3) is 5.57 Å². The van der Waals surface area contributed by atoms with Gasteiger partial charge in [0.25, 0.3) is 5.91 Å². The molecule has 3 atom stereocenters.